The van der Waals surface area contributed by atoms with Gasteiger partial charge in [0.05, 0.1) is 11.8 Å². The van der Waals surface area contributed by atoms with E-state index in [0.717, 1.165) is 37.8 Å². The van der Waals surface area contributed by atoms with Gasteiger partial charge in [-0.25, -0.2) is 0 Å². The Hall–Kier alpha value is -2.21. The predicted octanol–water partition coefficient (Wildman–Crippen LogP) is 2.91. The molecule has 1 aromatic heterocycles. The van der Waals surface area contributed by atoms with E-state index >= 15 is 0 Å². The van der Waals surface area contributed by atoms with Crippen LogP contribution in [0.1, 0.15) is 31.2 Å². The summed E-state index contributed by atoms with van der Waals surface area (Å²) >= 11 is 1.45. The van der Waals surface area contributed by atoms with Crippen molar-refractivity contribution in [3.05, 3.63) is 46.2 Å². The molecule has 0 N–H and O–H groups in total. The van der Waals surface area contributed by atoms with Gasteiger partial charge in [-0.15, -0.1) is 11.3 Å². The molecule has 2 amide bonds. The molecule has 4 rings (SSSR count). The van der Waals surface area contributed by atoms with Gasteiger partial charge in [0.25, 0.3) is 5.91 Å². The van der Waals surface area contributed by atoms with E-state index in [2.05, 4.69) is 11.1 Å². The van der Waals surface area contributed by atoms with Crippen LogP contribution in [0.2, 0.25) is 0 Å². The molecule has 2 aliphatic rings. The van der Waals surface area contributed by atoms with Crippen LogP contribution < -0.4 is 9.70 Å². The fraction of sp³-hybridized carbons (Fsp3) is 0.450. The van der Waals surface area contributed by atoms with Crippen LogP contribution in [0, 0.1) is 11.8 Å². The van der Waals surface area contributed by atoms with Crippen molar-refractivity contribution in [2.75, 3.05) is 11.4 Å². The summed E-state index contributed by atoms with van der Waals surface area (Å²) in [6.07, 6.45) is 6.30. The lowest BCUT2D eigenvalue weighted by molar-refractivity contribution is -0.133. The second-order valence-electron chi connectivity index (χ2n) is 7.11. The summed E-state index contributed by atoms with van der Waals surface area (Å²) in [6, 6.07) is 8.08. The zero-order valence-electron chi connectivity index (χ0n) is 14.9. The first-order valence-corrected chi connectivity index (χ1v) is 10.1. The van der Waals surface area contributed by atoms with Gasteiger partial charge in [0.1, 0.15) is 0 Å². The Bertz CT molecular complexity index is 898. The van der Waals surface area contributed by atoms with Crippen LogP contribution in [0.25, 0.3) is 0 Å². The molecule has 1 fully saturated rings. The molecule has 0 spiro atoms. The van der Waals surface area contributed by atoms with Crippen molar-refractivity contribution in [3.63, 3.8) is 0 Å². The molecule has 2 heterocycles. The highest BCUT2D eigenvalue weighted by Gasteiger charge is 2.39. The Morgan fingerprint density at radius 3 is 2.69 bits per heavy atom. The van der Waals surface area contributed by atoms with Crippen molar-refractivity contribution < 1.29 is 9.59 Å². The third-order valence-electron chi connectivity index (χ3n) is 5.52. The molecule has 0 radical (unpaired) electrons. The lowest BCUT2D eigenvalue weighted by atomic mass is 9.78. The Labute approximate surface area is 157 Å². The highest BCUT2D eigenvalue weighted by molar-refractivity contribution is 7.07. The van der Waals surface area contributed by atoms with Crippen LogP contribution in [-0.4, -0.2) is 22.9 Å². The van der Waals surface area contributed by atoms with Gasteiger partial charge in [-0.3, -0.25) is 9.59 Å². The topological polar surface area (TPSA) is 54.7 Å². The number of para-hydroxylation sites is 1. The number of hydrogen-bond acceptors (Lipinski definition) is 3. The van der Waals surface area contributed by atoms with E-state index in [1.807, 2.05) is 46.3 Å². The van der Waals surface area contributed by atoms with Gasteiger partial charge in [0, 0.05) is 30.9 Å². The Morgan fingerprint density at radius 1 is 1.15 bits per heavy atom. The number of rotatable bonds is 2. The summed E-state index contributed by atoms with van der Waals surface area (Å²) in [5.74, 6) is -0.602. The number of carbonyl (C=O) groups excluding carboxylic acids is 2. The maximum absolute atomic E-state index is 13.3. The number of amides is 2. The summed E-state index contributed by atoms with van der Waals surface area (Å²) in [7, 11) is 1.88. The minimum Gasteiger partial charge on any atom is -0.327 e. The van der Waals surface area contributed by atoms with E-state index < -0.39 is 0 Å². The number of hydrogen-bond donors (Lipinski definition) is 0. The zero-order valence-corrected chi connectivity index (χ0v) is 15.7. The lowest BCUT2D eigenvalue weighted by Gasteiger charge is -2.31. The molecular weight excluding hydrogens is 346 g/mol. The number of benzene rings is 1. The lowest BCUT2D eigenvalue weighted by Crippen LogP contribution is -2.42. The van der Waals surface area contributed by atoms with Crippen LogP contribution in [0.15, 0.2) is 40.8 Å². The Balaban J connectivity index is 1.59. The molecular formula is C20H23N3O2S. The maximum Gasteiger partial charge on any atom is 0.252 e. The van der Waals surface area contributed by atoms with Gasteiger partial charge < -0.3 is 9.47 Å². The van der Waals surface area contributed by atoms with Crippen LogP contribution >= 0.6 is 11.3 Å². The van der Waals surface area contributed by atoms with Crippen molar-refractivity contribution in [1.82, 2.24) is 4.57 Å². The van der Waals surface area contributed by atoms with Crippen molar-refractivity contribution in [3.8, 4) is 0 Å². The summed E-state index contributed by atoms with van der Waals surface area (Å²) in [5, 5.41) is 1.91. The molecule has 26 heavy (non-hydrogen) atoms. The van der Waals surface area contributed by atoms with Gasteiger partial charge in [0.2, 0.25) is 5.91 Å². The van der Waals surface area contributed by atoms with Gasteiger partial charge >= 0.3 is 0 Å². The van der Waals surface area contributed by atoms with E-state index in [-0.39, 0.29) is 23.7 Å². The molecule has 0 saturated heterocycles. The van der Waals surface area contributed by atoms with Crippen LogP contribution in [0.4, 0.5) is 5.69 Å². The minimum atomic E-state index is -0.300. The number of aryl methyl sites for hydroxylation is 1. The predicted molar refractivity (Wildman–Crippen MR) is 102 cm³/mol. The van der Waals surface area contributed by atoms with E-state index in [0.29, 0.717) is 11.3 Å². The Morgan fingerprint density at radius 2 is 1.92 bits per heavy atom. The smallest absolute Gasteiger partial charge is 0.252 e. The van der Waals surface area contributed by atoms with Crippen molar-refractivity contribution >= 4 is 28.8 Å². The molecule has 1 aromatic carbocycles. The Kier molecular flexibility index (Phi) is 4.76. The van der Waals surface area contributed by atoms with E-state index in [4.69, 9.17) is 0 Å². The fourth-order valence-electron chi connectivity index (χ4n) is 4.10. The third-order valence-corrected chi connectivity index (χ3v) is 6.37. The van der Waals surface area contributed by atoms with Gasteiger partial charge in [-0.2, -0.15) is 4.99 Å². The molecule has 2 atom stereocenters. The summed E-state index contributed by atoms with van der Waals surface area (Å²) in [4.78, 5) is 33.0. The van der Waals surface area contributed by atoms with Crippen LogP contribution in [-0.2, 0) is 23.1 Å². The molecule has 2 aromatic rings. The average molecular weight is 369 g/mol. The third kappa shape index (κ3) is 3.14. The first-order chi connectivity index (χ1) is 12.6. The standard InChI is InChI=1S/C20H23N3O2S/c1-22-12-13-26-20(22)21-18(24)15-7-3-4-8-16(15)19(25)23-11-10-14-6-2-5-9-17(14)23/h2,5-6,9,12-13,15-16H,3-4,7-8,10-11H2,1H3. The number of carbonyl (C=O) groups is 2. The first-order valence-electron chi connectivity index (χ1n) is 9.23. The molecule has 2 unspecified atom stereocenters. The summed E-state index contributed by atoms with van der Waals surface area (Å²) in [5.41, 5.74) is 2.23. The van der Waals surface area contributed by atoms with E-state index in [9.17, 15) is 9.59 Å². The maximum atomic E-state index is 13.3. The SMILES string of the molecule is Cn1ccsc1=NC(=O)C1CCCCC1C(=O)N1CCc2ccccc21. The van der Waals surface area contributed by atoms with Crippen molar-refractivity contribution in [2.24, 2.45) is 23.9 Å². The van der Waals surface area contributed by atoms with Gasteiger partial charge in [-0.1, -0.05) is 31.0 Å². The fourth-order valence-corrected chi connectivity index (χ4v) is 4.84. The summed E-state index contributed by atoms with van der Waals surface area (Å²) < 4.78 is 1.85. The number of anilines is 1. The minimum absolute atomic E-state index is 0.0961. The number of thiazole rings is 1. The molecule has 6 heteroatoms. The van der Waals surface area contributed by atoms with E-state index in [1.54, 1.807) is 0 Å². The highest BCUT2D eigenvalue weighted by Crippen LogP contribution is 2.36. The van der Waals surface area contributed by atoms with Crippen LogP contribution in [0.5, 0.6) is 0 Å². The second-order valence-corrected chi connectivity index (χ2v) is 7.99. The zero-order chi connectivity index (χ0) is 18.1. The molecule has 1 aliphatic heterocycles. The largest absolute Gasteiger partial charge is 0.327 e. The second kappa shape index (κ2) is 7.19. The van der Waals surface area contributed by atoms with Gasteiger partial charge in [-0.05, 0) is 30.9 Å². The van der Waals surface area contributed by atoms with Crippen molar-refractivity contribution in [1.29, 1.82) is 0 Å². The van der Waals surface area contributed by atoms with Crippen LogP contribution in [0.3, 0.4) is 0 Å². The molecule has 136 valence electrons. The van der Waals surface area contributed by atoms with Crippen molar-refractivity contribution in [2.45, 2.75) is 32.1 Å². The number of aromatic nitrogens is 1. The molecule has 0 bridgehead atoms. The molecule has 5 nitrogen and oxygen atoms in total. The normalized spacial score (nSPS) is 23.1. The quantitative estimate of drug-likeness (QED) is 0.817. The average Bonchev–Trinajstić information content (AvgIpc) is 3.27. The number of nitrogens with zero attached hydrogens (tertiary/aromatic N) is 3. The highest BCUT2D eigenvalue weighted by atomic mass is 32.1. The first kappa shape index (κ1) is 17.2. The number of fused-ring (bicyclic) bond motifs is 1. The molecule has 1 aliphatic carbocycles. The van der Waals surface area contributed by atoms with E-state index in [1.165, 1.54) is 16.9 Å². The van der Waals surface area contributed by atoms with Gasteiger partial charge in [0.15, 0.2) is 4.80 Å². The monoisotopic (exact) mass is 369 g/mol. The summed E-state index contributed by atoms with van der Waals surface area (Å²) in [6.45, 7) is 0.715. The molecule has 1 saturated carbocycles.